The Morgan fingerprint density at radius 1 is 1.28 bits per heavy atom. The lowest BCUT2D eigenvalue weighted by Gasteiger charge is -2.27. The molecule has 4 heteroatoms. The van der Waals surface area contributed by atoms with Gasteiger partial charge < -0.3 is 10.6 Å². The third kappa shape index (κ3) is 2.27. The third-order valence-electron chi connectivity index (χ3n) is 2.80. The van der Waals surface area contributed by atoms with Crippen molar-refractivity contribution < 1.29 is 0 Å². The first-order valence-electron chi connectivity index (χ1n) is 6.03. The number of hydrogen-bond donors (Lipinski definition) is 1. The molecule has 0 atom stereocenters. The highest BCUT2D eigenvalue weighted by atomic mass is 15.2. The van der Waals surface area contributed by atoms with Gasteiger partial charge in [-0.2, -0.15) is 0 Å². The van der Waals surface area contributed by atoms with Gasteiger partial charge in [0.2, 0.25) is 0 Å². The Morgan fingerprint density at radius 3 is 2.44 bits per heavy atom. The quantitative estimate of drug-likeness (QED) is 0.837. The van der Waals surface area contributed by atoms with Crippen molar-refractivity contribution in [3.05, 3.63) is 36.9 Å². The monoisotopic (exact) mass is 242 g/mol. The van der Waals surface area contributed by atoms with E-state index in [1.165, 1.54) is 0 Å². The van der Waals surface area contributed by atoms with E-state index in [1.54, 1.807) is 0 Å². The highest BCUT2D eigenvalue weighted by Crippen LogP contribution is 2.23. The van der Waals surface area contributed by atoms with Gasteiger partial charge in [-0.3, -0.25) is 0 Å². The van der Waals surface area contributed by atoms with Gasteiger partial charge in [-0.05, 0) is 26.0 Å². The number of benzene rings is 1. The average molecular weight is 242 g/mol. The highest BCUT2D eigenvalue weighted by molar-refractivity contribution is 5.79. The molecule has 2 N–H and O–H groups in total. The van der Waals surface area contributed by atoms with E-state index in [2.05, 4.69) is 35.3 Å². The lowest BCUT2D eigenvalue weighted by molar-refractivity contribution is 0.714. The number of hydrogen-bond acceptors (Lipinski definition) is 4. The minimum absolute atomic E-state index is 0.292. The van der Waals surface area contributed by atoms with Crippen LogP contribution in [-0.4, -0.2) is 22.6 Å². The zero-order valence-electron chi connectivity index (χ0n) is 10.8. The van der Waals surface area contributed by atoms with Crippen molar-refractivity contribution in [3.8, 4) is 0 Å². The fraction of sp³-hybridized carbons (Fsp3) is 0.286. The molecule has 94 valence electrons. The van der Waals surface area contributed by atoms with Crippen molar-refractivity contribution in [1.82, 2.24) is 9.97 Å². The highest BCUT2D eigenvalue weighted by Gasteiger charge is 2.15. The summed E-state index contributed by atoms with van der Waals surface area (Å²) in [6.07, 6.45) is 1.84. The summed E-state index contributed by atoms with van der Waals surface area (Å²) in [4.78, 5) is 11.1. The van der Waals surface area contributed by atoms with Crippen LogP contribution in [0.3, 0.4) is 0 Å². The molecule has 4 nitrogen and oxygen atoms in total. The van der Waals surface area contributed by atoms with Gasteiger partial charge >= 0.3 is 0 Å². The molecule has 1 aromatic carbocycles. The molecule has 1 heterocycles. The molecule has 1 aromatic heterocycles. The Labute approximate surface area is 107 Å². The molecule has 0 unspecified atom stereocenters. The first-order chi connectivity index (χ1) is 8.63. The van der Waals surface area contributed by atoms with Gasteiger partial charge in [-0.1, -0.05) is 18.2 Å². The molecular weight excluding hydrogens is 224 g/mol. The number of aromatic nitrogens is 2. The van der Waals surface area contributed by atoms with E-state index in [4.69, 9.17) is 5.73 Å². The van der Waals surface area contributed by atoms with Crippen LogP contribution in [0.5, 0.6) is 0 Å². The fourth-order valence-electron chi connectivity index (χ4n) is 1.90. The number of nitrogens with zero attached hydrogens (tertiary/aromatic N) is 3. The molecule has 0 aliphatic rings. The summed E-state index contributed by atoms with van der Waals surface area (Å²) in [6.45, 7) is 8.67. The van der Waals surface area contributed by atoms with Crippen molar-refractivity contribution in [1.29, 1.82) is 0 Å². The molecule has 0 radical (unpaired) electrons. The Balaban J connectivity index is 2.54. The molecule has 0 saturated heterocycles. The summed E-state index contributed by atoms with van der Waals surface area (Å²) in [5, 5.41) is 0. The molecule has 0 amide bonds. The van der Waals surface area contributed by atoms with Gasteiger partial charge in [0.05, 0.1) is 11.0 Å². The van der Waals surface area contributed by atoms with Crippen LogP contribution in [0.2, 0.25) is 0 Å². The summed E-state index contributed by atoms with van der Waals surface area (Å²) in [7, 11) is 0. The predicted molar refractivity (Wildman–Crippen MR) is 76.6 cm³/mol. The average Bonchev–Trinajstić information content (AvgIpc) is 2.35. The zero-order valence-corrected chi connectivity index (χ0v) is 10.8. The number of anilines is 2. The van der Waals surface area contributed by atoms with Crippen molar-refractivity contribution in [3.63, 3.8) is 0 Å². The minimum atomic E-state index is 0.292. The summed E-state index contributed by atoms with van der Waals surface area (Å²) < 4.78 is 0. The smallest absolute Gasteiger partial charge is 0.172 e. The van der Waals surface area contributed by atoms with Gasteiger partial charge in [0, 0.05) is 12.6 Å². The van der Waals surface area contributed by atoms with Gasteiger partial charge in [0.15, 0.2) is 11.6 Å². The van der Waals surface area contributed by atoms with Crippen LogP contribution in [0.15, 0.2) is 36.9 Å². The molecule has 0 spiro atoms. The SMILES string of the molecule is C=CCN(c1nc2ccccc2nc1N)C(C)C. The Bertz CT molecular complexity index is 563. The van der Waals surface area contributed by atoms with E-state index < -0.39 is 0 Å². The van der Waals surface area contributed by atoms with Gasteiger partial charge in [-0.15, -0.1) is 6.58 Å². The number of para-hydroxylation sites is 2. The van der Waals surface area contributed by atoms with Crippen LogP contribution in [0.4, 0.5) is 11.6 Å². The molecular formula is C14H18N4. The van der Waals surface area contributed by atoms with Crippen LogP contribution >= 0.6 is 0 Å². The fourth-order valence-corrected chi connectivity index (χ4v) is 1.90. The van der Waals surface area contributed by atoms with Gasteiger partial charge in [0.1, 0.15) is 0 Å². The second kappa shape index (κ2) is 5.04. The van der Waals surface area contributed by atoms with E-state index in [1.807, 2.05) is 30.3 Å². The Hall–Kier alpha value is -2.10. The first-order valence-corrected chi connectivity index (χ1v) is 6.03. The van der Waals surface area contributed by atoms with Crippen molar-refractivity contribution in [2.24, 2.45) is 0 Å². The van der Waals surface area contributed by atoms with E-state index in [9.17, 15) is 0 Å². The molecule has 0 fully saturated rings. The summed E-state index contributed by atoms with van der Waals surface area (Å²) in [5.41, 5.74) is 7.68. The van der Waals surface area contributed by atoms with Crippen LogP contribution < -0.4 is 10.6 Å². The van der Waals surface area contributed by atoms with E-state index in [0.717, 1.165) is 16.9 Å². The maximum atomic E-state index is 6.01. The van der Waals surface area contributed by atoms with Crippen LogP contribution in [0.1, 0.15) is 13.8 Å². The van der Waals surface area contributed by atoms with Crippen molar-refractivity contribution in [2.45, 2.75) is 19.9 Å². The van der Waals surface area contributed by atoms with E-state index >= 15 is 0 Å². The molecule has 0 aliphatic heterocycles. The first kappa shape index (κ1) is 12.4. The standard InChI is InChI=1S/C14H18N4/c1-4-9-18(10(2)3)14-13(15)16-11-7-5-6-8-12(11)17-14/h4-8,10H,1,9H2,2-3H3,(H2,15,16). The Morgan fingerprint density at radius 2 is 1.89 bits per heavy atom. The lowest BCUT2D eigenvalue weighted by atomic mass is 10.2. The number of fused-ring (bicyclic) bond motifs is 1. The lowest BCUT2D eigenvalue weighted by Crippen LogP contribution is -2.32. The topological polar surface area (TPSA) is 55.0 Å². The zero-order chi connectivity index (χ0) is 13.1. The molecule has 18 heavy (non-hydrogen) atoms. The van der Waals surface area contributed by atoms with Crippen LogP contribution in [-0.2, 0) is 0 Å². The summed E-state index contributed by atoms with van der Waals surface area (Å²) >= 11 is 0. The minimum Gasteiger partial charge on any atom is -0.381 e. The predicted octanol–water partition coefficient (Wildman–Crippen LogP) is 2.61. The number of nitrogen functional groups attached to an aromatic ring is 1. The maximum absolute atomic E-state index is 6.01. The third-order valence-corrected chi connectivity index (χ3v) is 2.80. The second-order valence-corrected chi connectivity index (χ2v) is 4.46. The normalized spacial score (nSPS) is 10.8. The van der Waals surface area contributed by atoms with Crippen LogP contribution in [0.25, 0.3) is 11.0 Å². The largest absolute Gasteiger partial charge is 0.381 e. The summed E-state index contributed by atoms with van der Waals surface area (Å²) in [6, 6.07) is 8.03. The van der Waals surface area contributed by atoms with Crippen molar-refractivity contribution >= 4 is 22.7 Å². The molecule has 2 aromatic rings. The summed E-state index contributed by atoms with van der Waals surface area (Å²) in [5.74, 6) is 1.19. The maximum Gasteiger partial charge on any atom is 0.172 e. The van der Waals surface area contributed by atoms with Gasteiger partial charge in [-0.25, -0.2) is 9.97 Å². The number of rotatable bonds is 4. The molecule has 0 bridgehead atoms. The number of nitrogens with two attached hydrogens (primary N) is 1. The van der Waals surface area contributed by atoms with E-state index in [-0.39, 0.29) is 0 Å². The van der Waals surface area contributed by atoms with E-state index in [0.29, 0.717) is 18.4 Å². The van der Waals surface area contributed by atoms with Gasteiger partial charge in [0.25, 0.3) is 0 Å². The molecule has 0 saturated carbocycles. The molecule has 0 aliphatic carbocycles. The van der Waals surface area contributed by atoms with Crippen LogP contribution in [0, 0.1) is 0 Å². The molecule has 2 rings (SSSR count). The second-order valence-electron chi connectivity index (χ2n) is 4.46. The Kier molecular flexibility index (Phi) is 3.46. The van der Waals surface area contributed by atoms with Crippen molar-refractivity contribution in [2.75, 3.05) is 17.2 Å².